The Bertz CT molecular complexity index is 952. The van der Waals surface area contributed by atoms with Gasteiger partial charge in [0.15, 0.2) is 0 Å². The molecule has 3 rings (SSSR count). The van der Waals surface area contributed by atoms with Crippen LogP contribution in [0.25, 0.3) is 11.1 Å². The van der Waals surface area contributed by atoms with Gasteiger partial charge in [0.25, 0.3) is 0 Å². The maximum Gasteiger partial charge on any atom is 0.471 e. The van der Waals surface area contributed by atoms with Gasteiger partial charge < -0.3 is 10.2 Å². The Balaban J connectivity index is 2.07. The van der Waals surface area contributed by atoms with Crippen LogP contribution >= 0.6 is 0 Å². The van der Waals surface area contributed by atoms with Gasteiger partial charge in [0.05, 0.1) is 0 Å². The third-order valence-electron chi connectivity index (χ3n) is 5.09. The van der Waals surface area contributed by atoms with Gasteiger partial charge >= 0.3 is 12.1 Å². The molecule has 1 aliphatic rings. The molecular formula is C22H23F3N2O2. The van der Waals surface area contributed by atoms with Crippen molar-refractivity contribution in [3.8, 4) is 11.1 Å². The molecule has 0 aromatic heterocycles. The number of hydrogen-bond donors (Lipinski definition) is 1. The molecule has 4 nitrogen and oxygen atoms in total. The number of amides is 2. The van der Waals surface area contributed by atoms with Gasteiger partial charge in [-0.2, -0.15) is 13.2 Å². The minimum absolute atomic E-state index is 0.00191. The molecule has 0 bridgehead atoms. The lowest BCUT2D eigenvalue weighted by molar-refractivity contribution is -0.186. The smallest absolute Gasteiger partial charge is 0.330 e. The second-order valence-electron chi connectivity index (χ2n) is 7.59. The summed E-state index contributed by atoms with van der Waals surface area (Å²) in [5, 5.41) is 2.83. The van der Waals surface area contributed by atoms with E-state index in [1.54, 1.807) is 19.9 Å². The molecule has 0 saturated heterocycles. The van der Waals surface area contributed by atoms with Gasteiger partial charge in [-0.1, -0.05) is 38.1 Å². The highest BCUT2D eigenvalue weighted by molar-refractivity contribution is 5.93. The summed E-state index contributed by atoms with van der Waals surface area (Å²) in [5.74, 6) is -2.26. The van der Waals surface area contributed by atoms with Gasteiger partial charge in [-0.15, -0.1) is 0 Å². The molecule has 1 heterocycles. The highest BCUT2D eigenvalue weighted by Crippen LogP contribution is 2.36. The highest BCUT2D eigenvalue weighted by Gasteiger charge is 2.43. The summed E-state index contributed by atoms with van der Waals surface area (Å²) in [5.41, 5.74) is 4.90. The molecule has 2 aromatic carbocycles. The average Bonchev–Trinajstić information content (AvgIpc) is 2.66. The molecular weight excluding hydrogens is 381 g/mol. The van der Waals surface area contributed by atoms with Crippen LogP contribution < -0.4 is 5.32 Å². The largest absolute Gasteiger partial charge is 0.471 e. The lowest BCUT2D eigenvalue weighted by Gasteiger charge is -2.31. The average molecular weight is 404 g/mol. The van der Waals surface area contributed by atoms with Crippen LogP contribution in [0.5, 0.6) is 0 Å². The third-order valence-corrected chi connectivity index (χ3v) is 5.09. The summed E-state index contributed by atoms with van der Waals surface area (Å²) in [6.07, 6.45) is -4.58. The van der Waals surface area contributed by atoms with Gasteiger partial charge in [-0.05, 0) is 53.3 Å². The summed E-state index contributed by atoms with van der Waals surface area (Å²) in [7, 11) is 0. The van der Waals surface area contributed by atoms with Crippen LogP contribution in [-0.2, 0) is 22.6 Å². The topological polar surface area (TPSA) is 49.4 Å². The Morgan fingerprint density at radius 1 is 1.10 bits per heavy atom. The first-order chi connectivity index (χ1) is 13.6. The number of aryl methyl sites for hydroxylation is 1. The fourth-order valence-electron chi connectivity index (χ4n) is 3.53. The maximum atomic E-state index is 12.9. The van der Waals surface area contributed by atoms with Crippen LogP contribution in [0, 0.1) is 12.8 Å². The van der Waals surface area contributed by atoms with Gasteiger partial charge in [0.2, 0.25) is 5.91 Å². The predicted molar refractivity (Wildman–Crippen MR) is 105 cm³/mol. The van der Waals surface area contributed by atoms with E-state index in [2.05, 4.69) is 5.32 Å². The normalized spacial score (nSPS) is 14.0. The fourth-order valence-corrected chi connectivity index (χ4v) is 3.53. The molecule has 0 radical (unpaired) electrons. The van der Waals surface area contributed by atoms with Crippen LogP contribution in [0.2, 0.25) is 0 Å². The van der Waals surface area contributed by atoms with E-state index >= 15 is 0 Å². The highest BCUT2D eigenvalue weighted by atomic mass is 19.4. The van der Waals surface area contributed by atoms with Crippen molar-refractivity contribution in [1.29, 1.82) is 0 Å². The number of anilines is 1. The molecule has 7 heteroatoms. The number of carbonyl (C=O) groups excluding carboxylic acids is 2. The van der Waals surface area contributed by atoms with Crippen molar-refractivity contribution in [1.82, 2.24) is 4.90 Å². The van der Waals surface area contributed by atoms with Crippen molar-refractivity contribution in [3.63, 3.8) is 0 Å². The fraction of sp³-hybridized carbons (Fsp3) is 0.364. The van der Waals surface area contributed by atoms with Crippen molar-refractivity contribution in [2.75, 3.05) is 11.9 Å². The maximum absolute atomic E-state index is 12.9. The van der Waals surface area contributed by atoms with E-state index in [1.807, 2.05) is 37.3 Å². The van der Waals surface area contributed by atoms with Gasteiger partial charge in [-0.3, -0.25) is 9.59 Å². The van der Waals surface area contributed by atoms with Crippen molar-refractivity contribution in [3.05, 3.63) is 53.1 Å². The predicted octanol–water partition coefficient (Wildman–Crippen LogP) is 4.70. The summed E-state index contributed by atoms with van der Waals surface area (Å²) in [6.45, 7) is 5.35. The van der Waals surface area contributed by atoms with E-state index in [0.29, 0.717) is 17.7 Å². The zero-order chi connectivity index (χ0) is 21.3. The molecule has 2 aromatic rings. The molecule has 1 aliphatic heterocycles. The second-order valence-corrected chi connectivity index (χ2v) is 7.59. The number of benzene rings is 2. The summed E-state index contributed by atoms with van der Waals surface area (Å²) < 4.78 is 38.7. The summed E-state index contributed by atoms with van der Waals surface area (Å²) in [4.78, 5) is 24.7. The Morgan fingerprint density at radius 3 is 2.41 bits per heavy atom. The molecule has 0 atom stereocenters. The van der Waals surface area contributed by atoms with Crippen molar-refractivity contribution < 1.29 is 22.8 Å². The Morgan fingerprint density at radius 2 is 1.79 bits per heavy atom. The van der Waals surface area contributed by atoms with E-state index in [0.717, 1.165) is 27.2 Å². The van der Waals surface area contributed by atoms with Gasteiger partial charge in [0.1, 0.15) is 0 Å². The molecule has 0 aliphatic carbocycles. The van der Waals surface area contributed by atoms with Crippen LogP contribution in [0.15, 0.2) is 36.4 Å². The molecule has 0 unspecified atom stereocenters. The lowest BCUT2D eigenvalue weighted by atomic mass is 9.88. The molecule has 2 amide bonds. The van der Waals surface area contributed by atoms with Crippen LogP contribution in [-0.4, -0.2) is 29.4 Å². The monoisotopic (exact) mass is 404 g/mol. The lowest BCUT2D eigenvalue weighted by Crippen LogP contribution is -2.43. The molecule has 29 heavy (non-hydrogen) atoms. The first kappa shape index (κ1) is 20.9. The minimum Gasteiger partial charge on any atom is -0.330 e. The first-order valence-corrected chi connectivity index (χ1v) is 9.46. The first-order valence-electron chi connectivity index (χ1n) is 9.46. The van der Waals surface area contributed by atoms with Crippen LogP contribution in [0.3, 0.4) is 0 Å². The van der Waals surface area contributed by atoms with E-state index in [9.17, 15) is 22.8 Å². The number of carbonyl (C=O) groups is 2. The number of nitrogens with zero attached hydrogens (tertiary/aromatic N) is 1. The van der Waals surface area contributed by atoms with Crippen molar-refractivity contribution in [2.45, 2.75) is 39.9 Å². The zero-order valence-corrected chi connectivity index (χ0v) is 16.6. The molecule has 0 fully saturated rings. The van der Waals surface area contributed by atoms with Gasteiger partial charge in [0, 0.05) is 24.7 Å². The Labute approximate surface area is 167 Å². The Kier molecular flexibility index (Phi) is 5.68. The zero-order valence-electron chi connectivity index (χ0n) is 16.6. The number of fused-ring (bicyclic) bond motifs is 1. The van der Waals surface area contributed by atoms with Crippen molar-refractivity contribution in [2.24, 2.45) is 5.92 Å². The summed E-state index contributed by atoms with van der Waals surface area (Å²) in [6, 6.07) is 11.3. The number of hydrogen-bond acceptors (Lipinski definition) is 2. The quantitative estimate of drug-likeness (QED) is 0.806. The molecule has 1 N–H and O–H groups in total. The van der Waals surface area contributed by atoms with Crippen molar-refractivity contribution >= 4 is 17.5 Å². The SMILES string of the molecule is Cc1ccccc1-c1cc(NC(=O)C(C)C)cc2c1CCN(C(=O)C(F)(F)F)C2. The van der Waals surface area contributed by atoms with Crippen LogP contribution in [0.1, 0.15) is 30.5 Å². The minimum atomic E-state index is -4.90. The molecule has 154 valence electrons. The summed E-state index contributed by atoms with van der Waals surface area (Å²) >= 11 is 0. The molecule has 0 saturated carbocycles. The number of nitrogens with one attached hydrogen (secondary N) is 1. The van der Waals surface area contributed by atoms with E-state index < -0.39 is 12.1 Å². The van der Waals surface area contributed by atoms with E-state index in [4.69, 9.17) is 0 Å². The van der Waals surface area contributed by atoms with Gasteiger partial charge in [-0.25, -0.2) is 0 Å². The Hall–Kier alpha value is -2.83. The second kappa shape index (κ2) is 7.89. The van der Waals surface area contributed by atoms with E-state index in [-0.39, 0.29) is 24.9 Å². The van der Waals surface area contributed by atoms with E-state index in [1.165, 1.54) is 0 Å². The number of alkyl halides is 3. The number of rotatable bonds is 3. The van der Waals surface area contributed by atoms with Crippen LogP contribution in [0.4, 0.5) is 18.9 Å². The number of halogens is 3. The third kappa shape index (κ3) is 4.44. The standard InChI is InChI=1S/C22H23F3N2O2/c1-13(2)20(28)26-16-10-15-12-27(21(29)22(23,24)25)9-8-18(15)19(11-16)17-7-5-4-6-14(17)3/h4-7,10-11,13H,8-9,12H2,1-3H3,(H,26,28). The molecule has 0 spiro atoms.